The van der Waals surface area contributed by atoms with Gasteiger partial charge in [0.15, 0.2) is 5.82 Å². The summed E-state index contributed by atoms with van der Waals surface area (Å²) in [5.74, 6) is -0.0268. The lowest BCUT2D eigenvalue weighted by Crippen LogP contribution is -2.56. The van der Waals surface area contributed by atoms with E-state index in [9.17, 15) is 14.3 Å². The SMILES string of the molecule is C=Cc1cc2c(N3C4CCC3CN(C(=O)OC(C)(C)C)C4)nc(OC[C@@]34CCCN3C[C@H](F)C4)nc2c(F)c1-c1cc(O)cc2ccccc12. The fourth-order valence-corrected chi connectivity index (χ4v) is 8.78. The summed E-state index contributed by atoms with van der Waals surface area (Å²) >= 11 is 0. The summed E-state index contributed by atoms with van der Waals surface area (Å²) in [6.45, 7) is 11.9. The van der Waals surface area contributed by atoms with Gasteiger partial charge in [-0.25, -0.2) is 13.6 Å². The fraction of sp³-hybridized carbons (Fsp3) is 0.462. The van der Waals surface area contributed by atoms with Gasteiger partial charge in [-0.3, -0.25) is 4.90 Å². The molecule has 9 nitrogen and oxygen atoms in total. The van der Waals surface area contributed by atoms with Crippen molar-refractivity contribution in [2.24, 2.45) is 0 Å². The van der Waals surface area contributed by atoms with Gasteiger partial charge in [-0.15, -0.1) is 0 Å². The minimum atomic E-state index is -0.918. The van der Waals surface area contributed by atoms with E-state index in [4.69, 9.17) is 19.4 Å². The lowest BCUT2D eigenvalue weighted by atomic mass is 9.92. The highest BCUT2D eigenvalue weighted by atomic mass is 19.1. The normalized spacial score (nSPS) is 25.0. The predicted octanol–water partition coefficient (Wildman–Crippen LogP) is 7.48. The monoisotopic (exact) mass is 683 g/mol. The van der Waals surface area contributed by atoms with Crippen LogP contribution in [-0.2, 0) is 4.74 Å². The van der Waals surface area contributed by atoms with E-state index in [2.05, 4.69) is 16.4 Å². The van der Waals surface area contributed by atoms with Crippen molar-refractivity contribution in [3.8, 4) is 22.9 Å². The molecule has 5 heterocycles. The van der Waals surface area contributed by atoms with Crippen LogP contribution in [0.4, 0.5) is 19.4 Å². The van der Waals surface area contributed by atoms with E-state index in [1.165, 1.54) is 0 Å². The van der Waals surface area contributed by atoms with Crippen LogP contribution in [0.1, 0.15) is 58.4 Å². The van der Waals surface area contributed by atoms with Crippen LogP contribution in [-0.4, -0.2) is 93.1 Å². The zero-order valence-electron chi connectivity index (χ0n) is 28.8. The Morgan fingerprint density at radius 2 is 1.86 bits per heavy atom. The Bertz CT molecular complexity index is 2000. The Balaban J connectivity index is 1.26. The second kappa shape index (κ2) is 12.1. The predicted molar refractivity (Wildman–Crippen MR) is 190 cm³/mol. The topological polar surface area (TPSA) is 91.3 Å². The maximum atomic E-state index is 17.3. The molecule has 4 saturated heterocycles. The number of halogens is 2. The van der Waals surface area contributed by atoms with Crippen LogP contribution in [0.2, 0.25) is 0 Å². The second-order valence-electron chi connectivity index (χ2n) is 15.3. The average molecular weight is 684 g/mol. The zero-order chi connectivity index (χ0) is 34.9. The van der Waals surface area contributed by atoms with Crippen LogP contribution >= 0.6 is 0 Å². The molecule has 0 aliphatic carbocycles. The maximum absolute atomic E-state index is 17.3. The van der Waals surface area contributed by atoms with Gasteiger partial charge in [0.05, 0.1) is 5.54 Å². The van der Waals surface area contributed by atoms with Gasteiger partial charge >= 0.3 is 12.1 Å². The number of rotatable bonds is 6. The summed E-state index contributed by atoms with van der Waals surface area (Å²) in [6.07, 6.45) is 4.16. The molecular formula is C39H43F2N5O4. The van der Waals surface area contributed by atoms with Gasteiger partial charge in [-0.1, -0.05) is 36.9 Å². The fourth-order valence-electron chi connectivity index (χ4n) is 8.78. The Morgan fingerprint density at radius 1 is 1.10 bits per heavy atom. The van der Waals surface area contributed by atoms with Crippen molar-refractivity contribution in [3.63, 3.8) is 0 Å². The van der Waals surface area contributed by atoms with Crippen LogP contribution in [0, 0.1) is 5.82 Å². The number of benzene rings is 3. The number of fused-ring (bicyclic) bond motifs is 5. The molecule has 1 amide bonds. The smallest absolute Gasteiger partial charge is 0.410 e. The Labute approximate surface area is 290 Å². The second-order valence-corrected chi connectivity index (χ2v) is 15.3. The number of aromatic nitrogens is 2. The third-order valence-electron chi connectivity index (χ3n) is 10.9. The molecule has 3 aromatic carbocycles. The lowest BCUT2D eigenvalue weighted by molar-refractivity contribution is 0.0209. The molecule has 50 heavy (non-hydrogen) atoms. The zero-order valence-corrected chi connectivity index (χ0v) is 28.8. The molecule has 1 N–H and O–H groups in total. The summed E-state index contributed by atoms with van der Waals surface area (Å²) in [7, 11) is 0. The van der Waals surface area contributed by atoms with Gasteiger partial charge < -0.3 is 24.4 Å². The number of ether oxygens (including phenoxy) is 2. The molecule has 1 aromatic heterocycles. The van der Waals surface area contributed by atoms with Crippen LogP contribution in [0.3, 0.4) is 0 Å². The summed E-state index contributed by atoms with van der Waals surface area (Å²) in [6, 6.07) is 12.5. The van der Waals surface area contributed by atoms with E-state index in [1.807, 2.05) is 51.1 Å². The number of hydrogen-bond acceptors (Lipinski definition) is 8. The quantitative estimate of drug-likeness (QED) is 0.224. The highest BCUT2D eigenvalue weighted by molar-refractivity contribution is 6.04. The first-order valence-corrected chi connectivity index (χ1v) is 17.6. The van der Waals surface area contributed by atoms with E-state index < -0.39 is 23.1 Å². The third-order valence-corrected chi connectivity index (χ3v) is 10.9. The number of likely N-dealkylation sites (tertiary alicyclic amines) is 1. The van der Waals surface area contributed by atoms with Crippen LogP contribution < -0.4 is 9.64 Å². The standard InChI is InChI=1S/C39H43F2N5O4/c1-5-23-16-31-34(33(41)32(23)30-17-28(47)15-24-9-6-7-10-29(24)30)42-36(49-22-39-13-8-14-45(39)19-25(40)18-39)43-35(31)46-26-11-12-27(46)21-44(20-26)37(48)50-38(2,3)4/h5-7,9-10,15-17,25-27,47H,1,8,11-14,18-22H2,2-4H3/t25-,26?,27?,39+/m1/s1. The van der Waals surface area contributed by atoms with Gasteiger partial charge in [0.2, 0.25) is 0 Å². The number of anilines is 1. The van der Waals surface area contributed by atoms with Crippen molar-refractivity contribution in [2.45, 2.75) is 82.3 Å². The van der Waals surface area contributed by atoms with E-state index in [-0.39, 0.29) is 47.6 Å². The summed E-state index contributed by atoms with van der Waals surface area (Å²) in [4.78, 5) is 28.9. The summed E-state index contributed by atoms with van der Waals surface area (Å²) in [5, 5.41) is 12.7. The molecule has 2 unspecified atom stereocenters. The number of carbonyl (C=O) groups excluding carboxylic acids is 1. The van der Waals surface area contributed by atoms with Crippen molar-refractivity contribution in [1.29, 1.82) is 0 Å². The molecular weight excluding hydrogens is 640 g/mol. The first-order chi connectivity index (χ1) is 23.9. The van der Waals surface area contributed by atoms with E-state index in [1.54, 1.807) is 23.1 Å². The first-order valence-electron chi connectivity index (χ1n) is 17.6. The highest BCUT2D eigenvalue weighted by Crippen LogP contribution is 2.45. The van der Waals surface area contributed by atoms with Crippen molar-refractivity contribution in [2.75, 3.05) is 37.7 Å². The number of piperazine rings is 1. The van der Waals surface area contributed by atoms with E-state index in [0.29, 0.717) is 48.4 Å². The molecule has 4 aliphatic rings. The Morgan fingerprint density at radius 3 is 2.60 bits per heavy atom. The Hall–Kier alpha value is -4.51. The number of amides is 1. The molecule has 2 bridgehead atoms. The molecule has 0 spiro atoms. The van der Waals surface area contributed by atoms with Crippen LogP contribution in [0.5, 0.6) is 11.8 Å². The number of hydrogen-bond donors (Lipinski definition) is 1. The maximum Gasteiger partial charge on any atom is 0.410 e. The number of phenolic OH excluding ortho intramolecular Hbond substituents is 1. The number of nitrogens with zero attached hydrogens (tertiary/aromatic N) is 5. The Kier molecular flexibility index (Phi) is 7.89. The third kappa shape index (κ3) is 5.59. The van der Waals surface area contributed by atoms with Crippen molar-refractivity contribution in [3.05, 3.63) is 60.4 Å². The molecule has 8 rings (SSSR count). The summed E-state index contributed by atoms with van der Waals surface area (Å²) < 4.78 is 44.0. The lowest BCUT2D eigenvalue weighted by Gasteiger charge is -2.42. The van der Waals surface area contributed by atoms with Crippen molar-refractivity contribution >= 4 is 39.7 Å². The average Bonchev–Trinajstić information content (AvgIpc) is 3.68. The van der Waals surface area contributed by atoms with Crippen LogP contribution in [0.25, 0.3) is 38.9 Å². The number of phenols is 1. The molecule has 262 valence electrons. The van der Waals surface area contributed by atoms with E-state index >= 15 is 4.39 Å². The van der Waals surface area contributed by atoms with Crippen LogP contribution in [0.15, 0.2) is 49.0 Å². The number of aromatic hydroxyl groups is 1. The number of carbonyl (C=O) groups is 1. The molecule has 4 atom stereocenters. The molecule has 11 heteroatoms. The molecule has 0 saturated carbocycles. The van der Waals surface area contributed by atoms with Gasteiger partial charge in [0.25, 0.3) is 0 Å². The first kappa shape index (κ1) is 32.7. The molecule has 4 aromatic rings. The van der Waals surface area contributed by atoms with E-state index in [0.717, 1.165) is 43.0 Å². The van der Waals surface area contributed by atoms with Gasteiger partial charge in [0, 0.05) is 49.1 Å². The minimum absolute atomic E-state index is 0.0168. The van der Waals surface area contributed by atoms with Gasteiger partial charge in [-0.05, 0) is 93.1 Å². The summed E-state index contributed by atoms with van der Waals surface area (Å²) in [5.41, 5.74) is 0.350. The highest BCUT2D eigenvalue weighted by Gasteiger charge is 2.50. The molecule has 0 radical (unpaired) electrons. The molecule has 4 aliphatic heterocycles. The van der Waals surface area contributed by atoms with Gasteiger partial charge in [0.1, 0.15) is 35.5 Å². The minimum Gasteiger partial charge on any atom is -0.508 e. The number of alkyl halides is 1. The van der Waals surface area contributed by atoms with Crippen molar-refractivity contribution in [1.82, 2.24) is 19.8 Å². The van der Waals surface area contributed by atoms with Gasteiger partial charge in [-0.2, -0.15) is 9.97 Å². The molecule has 4 fully saturated rings. The largest absolute Gasteiger partial charge is 0.508 e. The van der Waals surface area contributed by atoms with Crippen molar-refractivity contribution < 1.29 is 28.2 Å².